The molecule has 16 heavy (non-hydrogen) atoms. The number of thiazole rings is 1. The zero-order chi connectivity index (χ0) is 11.2. The van der Waals surface area contributed by atoms with E-state index in [1.807, 2.05) is 13.1 Å². The van der Waals surface area contributed by atoms with Crippen LogP contribution in [0, 0.1) is 0 Å². The largest absolute Gasteiger partial charge is 0.320 e. The number of nitrogens with zero attached hydrogens (tertiary/aromatic N) is 1. The Kier molecular flexibility index (Phi) is 4.08. The summed E-state index contributed by atoms with van der Waals surface area (Å²) in [5.74, 6) is 0. The first kappa shape index (κ1) is 11.3. The zero-order valence-corrected chi connectivity index (χ0v) is 10.3. The molecule has 84 valence electrons. The van der Waals surface area contributed by atoms with E-state index in [1.54, 1.807) is 11.3 Å². The third-order valence-electron chi connectivity index (χ3n) is 2.44. The molecule has 0 saturated carbocycles. The van der Waals surface area contributed by atoms with E-state index in [1.165, 1.54) is 10.6 Å². The van der Waals surface area contributed by atoms with E-state index in [0.29, 0.717) is 0 Å². The van der Waals surface area contributed by atoms with Crippen LogP contribution in [0.5, 0.6) is 0 Å². The lowest BCUT2D eigenvalue weighted by atomic mass is 10.2. The highest BCUT2D eigenvalue weighted by Crippen LogP contribution is 2.21. The SMILES string of the molecule is CNCCCc1nc(-c2ccccc2)cs1. The third kappa shape index (κ3) is 2.90. The van der Waals surface area contributed by atoms with Crippen LogP contribution in [0.4, 0.5) is 0 Å². The summed E-state index contributed by atoms with van der Waals surface area (Å²) in [5.41, 5.74) is 2.31. The van der Waals surface area contributed by atoms with Crippen molar-refractivity contribution in [3.63, 3.8) is 0 Å². The molecule has 3 heteroatoms. The van der Waals surface area contributed by atoms with E-state index >= 15 is 0 Å². The van der Waals surface area contributed by atoms with Crippen LogP contribution in [-0.4, -0.2) is 18.6 Å². The zero-order valence-electron chi connectivity index (χ0n) is 9.44. The molecule has 0 aliphatic rings. The van der Waals surface area contributed by atoms with Gasteiger partial charge in [0.1, 0.15) is 0 Å². The summed E-state index contributed by atoms with van der Waals surface area (Å²) in [7, 11) is 1.98. The summed E-state index contributed by atoms with van der Waals surface area (Å²) in [6.07, 6.45) is 2.22. The molecule has 0 saturated heterocycles. The maximum Gasteiger partial charge on any atom is 0.0933 e. The third-order valence-corrected chi connectivity index (χ3v) is 3.35. The number of hydrogen-bond donors (Lipinski definition) is 1. The van der Waals surface area contributed by atoms with Crippen LogP contribution < -0.4 is 5.32 Å². The highest BCUT2D eigenvalue weighted by atomic mass is 32.1. The molecule has 1 heterocycles. The second-order valence-electron chi connectivity index (χ2n) is 3.70. The van der Waals surface area contributed by atoms with Gasteiger partial charge in [-0.3, -0.25) is 0 Å². The quantitative estimate of drug-likeness (QED) is 0.802. The molecule has 1 aromatic heterocycles. The maximum atomic E-state index is 4.64. The molecule has 0 atom stereocenters. The molecule has 2 aromatic rings. The van der Waals surface area contributed by atoms with E-state index in [9.17, 15) is 0 Å². The van der Waals surface area contributed by atoms with Crippen LogP contribution in [0.25, 0.3) is 11.3 Å². The van der Waals surface area contributed by atoms with Crippen molar-refractivity contribution in [2.75, 3.05) is 13.6 Å². The van der Waals surface area contributed by atoms with E-state index in [4.69, 9.17) is 0 Å². The Balaban J connectivity index is 2.02. The minimum Gasteiger partial charge on any atom is -0.320 e. The summed E-state index contributed by atoms with van der Waals surface area (Å²) >= 11 is 1.76. The Bertz CT molecular complexity index is 423. The molecule has 0 bridgehead atoms. The van der Waals surface area contributed by atoms with Crippen molar-refractivity contribution in [3.8, 4) is 11.3 Å². The highest BCUT2D eigenvalue weighted by Gasteiger charge is 2.03. The van der Waals surface area contributed by atoms with Crippen molar-refractivity contribution in [3.05, 3.63) is 40.7 Å². The van der Waals surface area contributed by atoms with E-state index in [2.05, 4.69) is 39.9 Å². The first-order valence-corrected chi connectivity index (χ1v) is 6.42. The standard InChI is InChI=1S/C13H16N2S/c1-14-9-5-8-13-15-12(10-16-13)11-6-3-2-4-7-11/h2-4,6-7,10,14H,5,8-9H2,1H3. The Labute approximate surface area is 100 Å². The van der Waals surface area contributed by atoms with Crippen molar-refractivity contribution < 1.29 is 0 Å². The Morgan fingerprint density at radius 3 is 2.81 bits per heavy atom. The molecule has 2 rings (SSSR count). The number of benzene rings is 1. The lowest BCUT2D eigenvalue weighted by molar-refractivity contribution is 0.722. The van der Waals surface area contributed by atoms with Gasteiger partial charge >= 0.3 is 0 Å². The van der Waals surface area contributed by atoms with Crippen molar-refractivity contribution >= 4 is 11.3 Å². The average molecular weight is 232 g/mol. The van der Waals surface area contributed by atoms with Crippen LogP contribution >= 0.6 is 11.3 Å². The molecule has 0 spiro atoms. The molecule has 2 nitrogen and oxygen atoms in total. The minimum atomic E-state index is 1.06. The van der Waals surface area contributed by atoms with Gasteiger partial charge in [-0.05, 0) is 20.0 Å². The molecule has 0 radical (unpaired) electrons. The second-order valence-corrected chi connectivity index (χ2v) is 4.64. The van der Waals surface area contributed by atoms with Gasteiger partial charge in [-0.15, -0.1) is 11.3 Å². The minimum absolute atomic E-state index is 1.06. The molecular formula is C13H16N2S. The molecule has 0 fully saturated rings. The average Bonchev–Trinajstić information content (AvgIpc) is 2.79. The number of hydrogen-bond acceptors (Lipinski definition) is 3. The van der Waals surface area contributed by atoms with Gasteiger partial charge in [0.15, 0.2) is 0 Å². The molecule has 0 unspecified atom stereocenters. The highest BCUT2D eigenvalue weighted by molar-refractivity contribution is 7.09. The molecule has 1 N–H and O–H groups in total. The maximum absolute atomic E-state index is 4.64. The topological polar surface area (TPSA) is 24.9 Å². The summed E-state index contributed by atoms with van der Waals surface area (Å²) in [5, 5.41) is 6.53. The summed E-state index contributed by atoms with van der Waals surface area (Å²) in [4.78, 5) is 4.64. The van der Waals surface area contributed by atoms with Gasteiger partial charge in [0.05, 0.1) is 10.7 Å². The molecule has 0 aliphatic heterocycles. The Morgan fingerprint density at radius 1 is 1.25 bits per heavy atom. The van der Waals surface area contributed by atoms with Gasteiger partial charge in [-0.25, -0.2) is 4.98 Å². The van der Waals surface area contributed by atoms with Crippen molar-refractivity contribution in [1.82, 2.24) is 10.3 Å². The van der Waals surface area contributed by atoms with Crippen LogP contribution in [-0.2, 0) is 6.42 Å². The fourth-order valence-corrected chi connectivity index (χ4v) is 2.43. The first-order chi connectivity index (χ1) is 7.90. The molecule has 0 aliphatic carbocycles. The number of nitrogens with one attached hydrogen (secondary N) is 1. The summed E-state index contributed by atoms with van der Waals surface area (Å²) < 4.78 is 0. The van der Waals surface area contributed by atoms with Crippen LogP contribution in [0.2, 0.25) is 0 Å². The van der Waals surface area contributed by atoms with Gasteiger partial charge in [0, 0.05) is 17.4 Å². The number of rotatable bonds is 5. The van der Waals surface area contributed by atoms with E-state index in [-0.39, 0.29) is 0 Å². The normalized spacial score (nSPS) is 10.6. The Hall–Kier alpha value is -1.19. The predicted octanol–water partition coefficient (Wildman–Crippen LogP) is 2.96. The molecular weight excluding hydrogens is 216 g/mol. The number of aromatic nitrogens is 1. The van der Waals surface area contributed by atoms with Gasteiger partial charge in [0.2, 0.25) is 0 Å². The van der Waals surface area contributed by atoms with Crippen molar-refractivity contribution in [2.24, 2.45) is 0 Å². The number of aryl methyl sites for hydroxylation is 1. The van der Waals surface area contributed by atoms with Crippen LogP contribution in [0.3, 0.4) is 0 Å². The molecule has 1 aromatic carbocycles. The second kappa shape index (κ2) is 5.77. The molecule has 0 amide bonds. The van der Waals surface area contributed by atoms with Gasteiger partial charge < -0.3 is 5.32 Å². The van der Waals surface area contributed by atoms with Crippen molar-refractivity contribution in [2.45, 2.75) is 12.8 Å². The summed E-state index contributed by atoms with van der Waals surface area (Å²) in [6.45, 7) is 1.06. The van der Waals surface area contributed by atoms with Crippen LogP contribution in [0.1, 0.15) is 11.4 Å². The predicted molar refractivity (Wildman–Crippen MR) is 69.8 cm³/mol. The van der Waals surface area contributed by atoms with Crippen molar-refractivity contribution in [1.29, 1.82) is 0 Å². The van der Waals surface area contributed by atoms with E-state index in [0.717, 1.165) is 25.1 Å². The van der Waals surface area contributed by atoms with E-state index < -0.39 is 0 Å². The fourth-order valence-electron chi connectivity index (χ4n) is 1.58. The smallest absolute Gasteiger partial charge is 0.0933 e. The lowest BCUT2D eigenvalue weighted by Crippen LogP contribution is -2.08. The van der Waals surface area contributed by atoms with Gasteiger partial charge in [0.25, 0.3) is 0 Å². The summed E-state index contributed by atoms with van der Waals surface area (Å²) in [6, 6.07) is 10.3. The fraction of sp³-hybridized carbons (Fsp3) is 0.308. The monoisotopic (exact) mass is 232 g/mol. The van der Waals surface area contributed by atoms with Crippen LogP contribution in [0.15, 0.2) is 35.7 Å². The van der Waals surface area contributed by atoms with Gasteiger partial charge in [-0.2, -0.15) is 0 Å². The Morgan fingerprint density at radius 2 is 2.06 bits per heavy atom. The van der Waals surface area contributed by atoms with Gasteiger partial charge in [-0.1, -0.05) is 30.3 Å². The first-order valence-electron chi connectivity index (χ1n) is 5.54. The lowest BCUT2D eigenvalue weighted by Gasteiger charge is -1.96.